The Bertz CT molecular complexity index is 1980. The average molecular weight is 752 g/mol. The van der Waals surface area contributed by atoms with Crippen LogP contribution in [-0.2, 0) is 19.9 Å². The number of carbonyl (C=O) groups is 4. The lowest BCUT2D eigenvalue weighted by Crippen LogP contribution is -2.42. The summed E-state index contributed by atoms with van der Waals surface area (Å²) in [6, 6.07) is 20.1. The quantitative estimate of drug-likeness (QED) is 0.0909. The summed E-state index contributed by atoms with van der Waals surface area (Å²) in [5.41, 5.74) is 1.77. The van der Waals surface area contributed by atoms with Crippen LogP contribution in [0.1, 0.15) is 59.5 Å². The minimum absolute atomic E-state index is 0.0392. The van der Waals surface area contributed by atoms with Gasteiger partial charge < -0.3 is 31.1 Å². The van der Waals surface area contributed by atoms with Crippen LogP contribution < -0.4 is 26.0 Å². The number of carbonyl (C=O) groups excluding carboxylic acids is 3. The van der Waals surface area contributed by atoms with Crippen LogP contribution in [0, 0.1) is 0 Å². The second kappa shape index (κ2) is 15.5. The third kappa shape index (κ3) is 9.97. The largest absolute Gasteiger partial charge is 0.480 e. The van der Waals surface area contributed by atoms with E-state index in [-0.39, 0.29) is 35.8 Å². The highest BCUT2D eigenvalue weighted by Crippen LogP contribution is 2.48. The van der Waals surface area contributed by atoms with Gasteiger partial charge in [-0.25, -0.2) is 4.79 Å². The number of Topliss-reactive ketones (excluding diaryl/α,β-unsaturated/α-hetero) is 1. The molecule has 6 rings (SSSR count). The Balaban J connectivity index is 1.05. The number of carboxylic acid groups (broad SMARTS) is 1. The molecule has 0 unspecified atom stereocenters. The number of halogens is 4. The molecule has 3 atom stereocenters. The normalized spacial score (nSPS) is 17.5. The summed E-state index contributed by atoms with van der Waals surface area (Å²) in [6.07, 6.45) is -3.24. The van der Waals surface area contributed by atoms with Gasteiger partial charge in [0.2, 0.25) is 17.7 Å². The zero-order valence-electron chi connectivity index (χ0n) is 27.8. The second-order valence-corrected chi connectivity index (χ2v) is 13.2. The lowest BCUT2D eigenvalue weighted by molar-refractivity contribution is -0.154. The Kier molecular flexibility index (Phi) is 10.8. The molecule has 4 aromatic rings. The molecule has 1 aromatic heterocycles. The first-order chi connectivity index (χ1) is 25.3. The van der Waals surface area contributed by atoms with Crippen molar-refractivity contribution in [3.05, 3.63) is 101 Å². The van der Waals surface area contributed by atoms with Crippen molar-refractivity contribution < 1.29 is 42.2 Å². The minimum Gasteiger partial charge on any atom is -0.480 e. The van der Waals surface area contributed by atoms with Crippen molar-refractivity contribution in [2.45, 2.75) is 61.8 Å². The Morgan fingerprint density at radius 3 is 2.25 bits per heavy atom. The molecule has 2 aliphatic carbocycles. The third-order valence-electron chi connectivity index (χ3n) is 8.73. The zero-order chi connectivity index (χ0) is 37.8. The fraction of sp³-hybridized carbons (Fsp3) is 0.306. The number of benzene rings is 3. The van der Waals surface area contributed by atoms with Crippen molar-refractivity contribution in [3.63, 3.8) is 0 Å². The van der Waals surface area contributed by atoms with Gasteiger partial charge in [-0.15, -0.1) is 0 Å². The van der Waals surface area contributed by atoms with E-state index in [1.807, 2.05) is 42.5 Å². The van der Waals surface area contributed by atoms with Crippen molar-refractivity contribution in [3.8, 4) is 6.01 Å². The Morgan fingerprint density at radius 2 is 1.60 bits per heavy atom. The average Bonchev–Trinajstić information content (AvgIpc) is 4.07. The first-order valence-corrected chi connectivity index (χ1v) is 16.9. The molecule has 0 spiro atoms. The molecule has 276 valence electrons. The second-order valence-electron chi connectivity index (χ2n) is 12.7. The Labute approximate surface area is 305 Å². The van der Waals surface area contributed by atoms with Crippen molar-refractivity contribution >= 4 is 52.8 Å². The van der Waals surface area contributed by atoms with Crippen LogP contribution in [0.4, 0.5) is 30.8 Å². The molecule has 2 amide bonds. The number of alkyl halides is 3. The van der Waals surface area contributed by atoms with Gasteiger partial charge in [0.1, 0.15) is 6.04 Å². The number of hydrogen-bond donors (Lipinski definition) is 5. The summed E-state index contributed by atoms with van der Waals surface area (Å²) in [5, 5.41) is 21.3. The van der Waals surface area contributed by atoms with Crippen molar-refractivity contribution in [2.75, 3.05) is 17.2 Å². The van der Waals surface area contributed by atoms with Gasteiger partial charge in [-0.2, -0.15) is 28.1 Å². The molecule has 2 fully saturated rings. The van der Waals surface area contributed by atoms with E-state index in [2.05, 4.69) is 36.2 Å². The van der Waals surface area contributed by atoms with Gasteiger partial charge >= 0.3 is 18.2 Å². The highest BCUT2D eigenvalue weighted by atomic mass is 35.5. The molecule has 0 aliphatic heterocycles. The van der Waals surface area contributed by atoms with E-state index >= 15 is 0 Å². The van der Waals surface area contributed by atoms with E-state index in [1.165, 1.54) is 24.3 Å². The molecule has 0 saturated heterocycles. The summed E-state index contributed by atoms with van der Waals surface area (Å²) < 4.78 is 43.6. The predicted octanol–water partition coefficient (Wildman–Crippen LogP) is 5.52. The van der Waals surface area contributed by atoms with Gasteiger partial charge in [0, 0.05) is 34.7 Å². The van der Waals surface area contributed by atoms with Crippen LogP contribution in [0.15, 0.2) is 78.9 Å². The van der Waals surface area contributed by atoms with Gasteiger partial charge in [-0.1, -0.05) is 54.1 Å². The van der Waals surface area contributed by atoms with Crippen LogP contribution in [0.3, 0.4) is 0 Å². The topological polar surface area (TPSA) is 185 Å². The number of rotatable bonds is 16. The van der Waals surface area contributed by atoms with Crippen molar-refractivity contribution in [2.24, 2.45) is 0 Å². The summed E-state index contributed by atoms with van der Waals surface area (Å²) in [4.78, 5) is 62.0. The minimum atomic E-state index is -4.64. The fourth-order valence-electron chi connectivity index (χ4n) is 5.67. The highest BCUT2D eigenvalue weighted by molar-refractivity contribution is 6.36. The maximum atomic E-state index is 12.9. The number of ketones is 1. The summed E-state index contributed by atoms with van der Waals surface area (Å²) in [5.74, 6) is -3.81. The van der Waals surface area contributed by atoms with Crippen molar-refractivity contribution in [1.82, 2.24) is 25.6 Å². The van der Waals surface area contributed by atoms with E-state index in [9.17, 15) is 37.5 Å². The van der Waals surface area contributed by atoms with E-state index < -0.39 is 60.4 Å². The van der Waals surface area contributed by atoms with Gasteiger partial charge in [-0.3, -0.25) is 14.4 Å². The van der Waals surface area contributed by atoms with Crippen LogP contribution in [0.25, 0.3) is 0 Å². The molecule has 0 radical (unpaired) electrons. The number of aliphatic carboxylic acids is 1. The van der Waals surface area contributed by atoms with Gasteiger partial charge in [0.15, 0.2) is 6.61 Å². The zero-order valence-corrected chi connectivity index (χ0v) is 28.6. The SMILES string of the molecule is O=C(CC[C@H](NC(=O)c1ccc(Nc2nc(NC3(c4ccc(Cl)cc4)CC3)nc(OCC(F)(F)F)n2)cc1)C(=O)O)C(=O)N[C@@H]1C[C@H]1c1ccccc1. The van der Waals surface area contributed by atoms with Crippen LogP contribution in [-0.4, -0.2) is 68.5 Å². The van der Waals surface area contributed by atoms with Crippen LogP contribution in [0.2, 0.25) is 5.02 Å². The highest BCUT2D eigenvalue weighted by Gasteiger charge is 2.45. The number of nitrogens with zero attached hydrogens (tertiary/aromatic N) is 3. The van der Waals surface area contributed by atoms with Crippen molar-refractivity contribution in [1.29, 1.82) is 0 Å². The predicted molar refractivity (Wildman–Crippen MR) is 186 cm³/mol. The molecule has 13 nitrogen and oxygen atoms in total. The smallest absolute Gasteiger partial charge is 0.422 e. The van der Waals surface area contributed by atoms with Crippen LogP contribution in [0.5, 0.6) is 6.01 Å². The van der Waals surface area contributed by atoms with Crippen LogP contribution >= 0.6 is 11.6 Å². The molecule has 17 heteroatoms. The Morgan fingerprint density at radius 1 is 0.925 bits per heavy atom. The van der Waals surface area contributed by atoms with Gasteiger partial charge in [0.05, 0.1) is 5.54 Å². The molecule has 5 N–H and O–H groups in total. The number of anilines is 3. The Hall–Kier alpha value is -5.77. The number of nitrogens with one attached hydrogen (secondary N) is 4. The van der Waals surface area contributed by atoms with Gasteiger partial charge in [0.25, 0.3) is 11.8 Å². The molecule has 2 aliphatic rings. The molecule has 3 aromatic carbocycles. The molecule has 2 saturated carbocycles. The summed E-state index contributed by atoms with van der Waals surface area (Å²) in [6.45, 7) is -1.63. The maximum Gasteiger partial charge on any atom is 0.422 e. The lowest BCUT2D eigenvalue weighted by Gasteiger charge is -2.19. The third-order valence-corrected chi connectivity index (χ3v) is 8.98. The summed E-state index contributed by atoms with van der Waals surface area (Å²) >= 11 is 6.02. The maximum absolute atomic E-state index is 12.9. The first kappa shape index (κ1) is 37.0. The fourth-order valence-corrected chi connectivity index (χ4v) is 5.79. The van der Waals surface area contributed by atoms with E-state index in [0.29, 0.717) is 30.0 Å². The van der Waals surface area contributed by atoms with E-state index in [1.54, 1.807) is 12.1 Å². The van der Waals surface area contributed by atoms with E-state index in [4.69, 9.17) is 16.3 Å². The molecular weight excluding hydrogens is 719 g/mol. The number of carboxylic acids is 1. The molecule has 1 heterocycles. The first-order valence-electron chi connectivity index (χ1n) is 16.6. The lowest BCUT2D eigenvalue weighted by atomic mass is 10.1. The monoisotopic (exact) mass is 751 g/mol. The van der Waals surface area contributed by atoms with Gasteiger partial charge in [-0.05, 0) is 73.2 Å². The molecule has 0 bridgehead atoms. The number of hydrogen-bond acceptors (Lipinski definition) is 10. The number of amides is 2. The molecule has 53 heavy (non-hydrogen) atoms. The summed E-state index contributed by atoms with van der Waals surface area (Å²) in [7, 11) is 0. The molecular formula is C36H33ClF3N7O6. The number of aromatic nitrogens is 3. The standard InChI is InChI=1S/C36H33ClF3N7O6/c37-23-10-8-22(9-11-23)35(16-17-35)47-33-44-32(45-34(46-33)53-19-36(38,39)40)41-24-12-6-21(7-13-24)29(49)42-26(31(51)52)14-15-28(48)30(50)43-27-18-25(27)20-4-2-1-3-5-20/h1-13,25-27H,14-19H2,(H,42,49)(H,43,50)(H,51,52)(H2,41,44,45,46,47)/t25-,26-,27+/m0/s1. The number of ether oxygens (including phenoxy) is 1. The van der Waals surface area contributed by atoms with E-state index in [0.717, 1.165) is 11.1 Å².